The van der Waals surface area contributed by atoms with Crippen LogP contribution >= 0.6 is 0 Å². The Hall–Kier alpha value is -2.74. The SMILES string of the molecule is CC(C)c1ccc(NC(=O)COC(=O)CCS(=O)(=O)c2ccc(F)cc2)cc1. The van der Waals surface area contributed by atoms with Gasteiger partial charge in [-0.25, -0.2) is 12.8 Å². The van der Waals surface area contributed by atoms with E-state index in [-0.39, 0.29) is 4.90 Å². The van der Waals surface area contributed by atoms with Crippen molar-refractivity contribution in [2.45, 2.75) is 31.1 Å². The fourth-order valence-corrected chi connectivity index (χ4v) is 3.57. The third-order valence-corrected chi connectivity index (χ3v) is 5.71. The number of sulfone groups is 1. The summed E-state index contributed by atoms with van der Waals surface area (Å²) in [5, 5.41) is 2.60. The summed E-state index contributed by atoms with van der Waals surface area (Å²) in [7, 11) is -3.74. The molecule has 8 heteroatoms. The minimum absolute atomic E-state index is 0.0794. The molecule has 0 aliphatic heterocycles. The van der Waals surface area contributed by atoms with Crippen LogP contribution in [0, 0.1) is 5.82 Å². The van der Waals surface area contributed by atoms with Gasteiger partial charge in [-0.2, -0.15) is 0 Å². The molecular weight excluding hydrogens is 385 g/mol. The van der Waals surface area contributed by atoms with Crippen molar-refractivity contribution in [3.05, 3.63) is 59.9 Å². The minimum atomic E-state index is -3.74. The number of carbonyl (C=O) groups excluding carboxylic acids is 2. The molecule has 0 bridgehead atoms. The van der Waals surface area contributed by atoms with Gasteiger partial charge < -0.3 is 10.1 Å². The molecular formula is C20H22FNO5S. The van der Waals surface area contributed by atoms with E-state index in [4.69, 9.17) is 4.74 Å². The second-order valence-corrected chi connectivity index (χ2v) is 8.62. The van der Waals surface area contributed by atoms with Gasteiger partial charge in [0.2, 0.25) is 0 Å². The van der Waals surface area contributed by atoms with E-state index in [2.05, 4.69) is 19.2 Å². The Labute approximate surface area is 163 Å². The summed E-state index contributed by atoms with van der Waals surface area (Å²) in [6.45, 7) is 3.61. The second kappa shape index (κ2) is 9.45. The highest BCUT2D eigenvalue weighted by Crippen LogP contribution is 2.17. The molecule has 0 aliphatic rings. The van der Waals surface area contributed by atoms with Crippen LogP contribution in [0.2, 0.25) is 0 Å². The molecule has 0 unspecified atom stereocenters. The van der Waals surface area contributed by atoms with Crippen LogP contribution in [0.4, 0.5) is 10.1 Å². The summed E-state index contributed by atoms with van der Waals surface area (Å²) in [6.07, 6.45) is -0.407. The highest BCUT2D eigenvalue weighted by molar-refractivity contribution is 7.91. The van der Waals surface area contributed by atoms with E-state index in [1.807, 2.05) is 12.1 Å². The number of hydrogen-bond donors (Lipinski definition) is 1. The van der Waals surface area contributed by atoms with E-state index in [1.165, 1.54) is 0 Å². The fraction of sp³-hybridized carbons (Fsp3) is 0.300. The summed E-state index contributed by atoms with van der Waals surface area (Å²) >= 11 is 0. The lowest BCUT2D eigenvalue weighted by molar-refractivity contribution is -0.146. The van der Waals surface area contributed by atoms with Crippen molar-refractivity contribution < 1.29 is 27.1 Å². The summed E-state index contributed by atoms with van der Waals surface area (Å²) in [4.78, 5) is 23.5. The third-order valence-electron chi connectivity index (χ3n) is 3.97. The molecule has 6 nitrogen and oxygen atoms in total. The van der Waals surface area contributed by atoms with Crippen LogP contribution in [-0.4, -0.2) is 32.7 Å². The Morgan fingerprint density at radius 3 is 2.21 bits per heavy atom. The van der Waals surface area contributed by atoms with Crippen LogP contribution in [0.15, 0.2) is 53.4 Å². The van der Waals surface area contributed by atoms with Crippen molar-refractivity contribution >= 4 is 27.4 Å². The van der Waals surface area contributed by atoms with E-state index in [1.54, 1.807) is 12.1 Å². The highest BCUT2D eigenvalue weighted by Gasteiger charge is 2.18. The van der Waals surface area contributed by atoms with Crippen LogP contribution < -0.4 is 5.32 Å². The van der Waals surface area contributed by atoms with Gasteiger partial charge in [-0.1, -0.05) is 26.0 Å². The quantitative estimate of drug-likeness (QED) is 0.536. The molecule has 0 aromatic heterocycles. The number of hydrogen-bond acceptors (Lipinski definition) is 5. The Kier molecular flexibility index (Phi) is 7.28. The van der Waals surface area contributed by atoms with Crippen molar-refractivity contribution in [1.82, 2.24) is 0 Å². The van der Waals surface area contributed by atoms with Crippen molar-refractivity contribution in [3.8, 4) is 0 Å². The molecule has 0 radical (unpaired) electrons. The zero-order chi connectivity index (χ0) is 20.7. The zero-order valence-electron chi connectivity index (χ0n) is 15.6. The minimum Gasteiger partial charge on any atom is -0.456 e. The number of ether oxygens (including phenoxy) is 1. The number of benzene rings is 2. The molecule has 0 saturated heterocycles. The topological polar surface area (TPSA) is 89.5 Å². The zero-order valence-corrected chi connectivity index (χ0v) is 16.5. The van der Waals surface area contributed by atoms with E-state index in [0.29, 0.717) is 11.6 Å². The molecule has 2 aromatic carbocycles. The van der Waals surface area contributed by atoms with Gasteiger partial charge in [0.1, 0.15) is 5.82 Å². The predicted molar refractivity (Wildman–Crippen MR) is 103 cm³/mol. The molecule has 0 spiro atoms. The van der Waals surface area contributed by atoms with Crippen LogP contribution in [0.3, 0.4) is 0 Å². The van der Waals surface area contributed by atoms with Crippen molar-refractivity contribution in [3.63, 3.8) is 0 Å². The Morgan fingerprint density at radius 1 is 1.04 bits per heavy atom. The monoisotopic (exact) mass is 407 g/mol. The first kappa shape index (κ1) is 21.6. The van der Waals surface area contributed by atoms with Gasteiger partial charge in [-0.15, -0.1) is 0 Å². The van der Waals surface area contributed by atoms with Gasteiger partial charge in [0.05, 0.1) is 17.1 Å². The first-order valence-corrected chi connectivity index (χ1v) is 10.4. The number of amides is 1. The van der Waals surface area contributed by atoms with Crippen LogP contribution in [0.1, 0.15) is 31.7 Å². The van der Waals surface area contributed by atoms with Gasteiger partial charge in [0.15, 0.2) is 16.4 Å². The third kappa shape index (κ3) is 6.45. The lowest BCUT2D eigenvalue weighted by atomic mass is 10.0. The van der Waals surface area contributed by atoms with E-state index in [0.717, 1.165) is 29.8 Å². The van der Waals surface area contributed by atoms with Gasteiger partial charge >= 0.3 is 5.97 Å². The average molecular weight is 407 g/mol. The summed E-state index contributed by atoms with van der Waals surface area (Å²) in [5.74, 6) is -2.00. The Bertz CT molecular complexity index is 922. The molecule has 1 N–H and O–H groups in total. The van der Waals surface area contributed by atoms with Gasteiger partial charge in [0, 0.05) is 5.69 Å². The largest absolute Gasteiger partial charge is 0.456 e. The predicted octanol–water partition coefficient (Wildman–Crippen LogP) is 3.29. The molecule has 0 atom stereocenters. The van der Waals surface area contributed by atoms with Crippen molar-refractivity contribution in [2.75, 3.05) is 17.7 Å². The average Bonchev–Trinajstić information content (AvgIpc) is 2.65. The number of nitrogens with one attached hydrogen (secondary N) is 1. The summed E-state index contributed by atoms with van der Waals surface area (Å²) in [6, 6.07) is 11.6. The van der Waals surface area contributed by atoms with Crippen LogP contribution in [-0.2, 0) is 24.2 Å². The molecule has 2 rings (SSSR count). The highest BCUT2D eigenvalue weighted by atomic mass is 32.2. The smallest absolute Gasteiger partial charge is 0.307 e. The Morgan fingerprint density at radius 2 is 1.64 bits per heavy atom. The molecule has 2 aromatic rings. The molecule has 0 fully saturated rings. The van der Waals surface area contributed by atoms with E-state index < -0.39 is 46.3 Å². The molecule has 0 aliphatic carbocycles. The van der Waals surface area contributed by atoms with Crippen LogP contribution in [0.25, 0.3) is 0 Å². The fourth-order valence-electron chi connectivity index (χ4n) is 2.34. The first-order chi connectivity index (χ1) is 13.2. The molecule has 1 amide bonds. The van der Waals surface area contributed by atoms with Gasteiger partial charge in [0.25, 0.3) is 5.91 Å². The summed E-state index contributed by atoms with van der Waals surface area (Å²) < 4.78 is 41.9. The Balaban J connectivity index is 1.78. The maximum Gasteiger partial charge on any atom is 0.307 e. The lowest BCUT2D eigenvalue weighted by Crippen LogP contribution is -2.22. The normalized spacial score (nSPS) is 11.3. The van der Waals surface area contributed by atoms with E-state index >= 15 is 0 Å². The number of anilines is 1. The summed E-state index contributed by atoms with van der Waals surface area (Å²) in [5.41, 5.74) is 1.70. The maximum absolute atomic E-state index is 12.9. The van der Waals surface area contributed by atoms with Crippen LogP contribution in [0.5, 0.6) is 0 Å². The number of carbonyl (C=O) groups is 2. The molecule has 28 heavy (non-hydrogen) atoms. The van der Waals surface area contributed by atoms with E-state index in [9.17, 15) is 22.4 Å². The van der Waals surface area contributed by atoms with Crippen molar-refractivity contribution in [2.24, 2.45) is 0 Å². The molecule has 150 valence electrons. The van der Waals surface area contributed by atoms with Gasteiger partial charge in [-0.05, 0) is 47.9 Å². The molecule has 0 saturated carbocycles. The second-order valence-electron chi connectivity index (χ2n) is 6.51. The molecule has 0 heterocycles. The number of esters is 1. The number of halogens is 1. The lowest BCUT2D eigenvalue weighted by Gasteiger charge is -2.09. The number of rotatable bonds is 8. The van der Waals surface area contributed by atoms with Gasteiger partial charge in [-0.3, -0.25) is 9.59 Å². The van der Waals surface area contributed by atoms with Crippen molar-refractivity contribution in [1.29, 1.82) is 0 Å². The first-order valence-electron chi connectivity index (χ1n) is 8.71. The maximum atomic E-state index is 12.9. The standard InChI is InChI=1S/C20H22FNO5S/c1-14(2)15-3-7-17(8-4-15)22-19(23)13-27-20(24)11-12-28(25,26)18-9-5-16(21)6-10-18/h3-10,14H,11-13H2,1-2H3,(H,22,23).